The molecule has 1 aliphatic heterocycles. The lowest BCUT2D eigenvalue weighted by Gasteiger charge is -2.07. The predicted octanol–water partition coefficient (Wildman–Crippen LogP) is 3.87. The number of amides is 1. The quantitative estimate of drug-likeness (QED) is 0.518. The van der Waals surface area contributed by atoms with Gasteiger partial charge in [-0.05, 0) is 37.6 Å². The van der Waals surface area contributed by atoms with Crippen LogP contribution in [0, 0.1) is 13.8 Å². The molecule has 10 heteroatoms. The van der Waals surface area contributed by atoms with Gasteiger partial charge in [-0.25, -0.2) is 9.67 Å². The number of fused-ring (bicyclic) bond motifs is 2. The minimum Gasteiger partial charge on any atom is -0.395 e. The van der Waals surface area contributed by atoms with Gasteiger partial charge in [-0.3, -0.25) is 10.1 Å². The van der Waals surface area contributed by atoms with Crippen LogP contribution in [0.1, 0.15) is 17.0 Å². The van der Waals surface area contributed by atoms with Crippen molar-refractivity contribution in [3.63, 3.8) is 0 Å². The molecule has 0 atom stereocenters. The molecular weight excluding hydrogens is 408 g/mol. The van der Waals surface area contributed by atoms with E-state index >= 15 is 0 Å². The Balaban J connectivity index is 1.32. The van der Waals surface area contributed by atoms with E-state index in [9.17, 15) is 13.6 Å². The minimum atomic E-state index is -3.69. The summed E-state index contributed by atoms with van der Waals surface area (Å²) in [7, 11) is 0. The standard InChI is InChI=1S/C21H17F2N5O3/c1-11-6-12(2)28(27-11)14-5-3-4-13(7-14)8-19(29)26-20-24-15-9-17-18(10-16(15)25-20)31-21(22,23)30-17/h3-7,9-10H,8H2,1-2H3,(H2,24,25,26,29). The van der Waals surface area contributed by atoms with Crippen molar-refractivity contribution in [2.24, 2.45) is 0 Å². The number of aryl methyl sites for hydroxylation is 2. The molecule has 0 aliphatic carbocycles. The Morgan fingerprint density at radius 1 is 1.16 bits per heavy atom. The van der Waals surface area contributed by atoms with Gasteiger partial charge in [0.05, 0.1) is 28.8 Å². The van der Waals surface area contributed by atoms with Crippen molar-refractivity contribution in [3.05, 3.63) is 59.4 Å². The van der Waals surface area contributed by atoms with Gasteiger partial charge in [0.1, 0.15) is 0 Å². The summed E-state index contributed by atoms with van der Waals surface area (Å²) in [4.78, 5) is 19.6. The number of hydrogen-bond acceptors (Lipinski definition) is 5. The van der Waals surface area contributed by atoms with Crippen molar-refractivity contribution in [3.8, 4) is 17.2 Å². The van der Waals surface area contributed by atoms with Gasteiger partial charge in [0.25, 0.3) is 0 Å². The summed E-state index contributed by atoms with van der Waals surface area (Å²) in [6, 6.07) is 12.2. The molecule has 2 N–H and O–H groups in total. The number of benzene rings is 2. The van der Waals surface area contributed by atoms with Crippen molar-refractivity contribution >= 4 is 22.9 Å². The second-order valence-electron chi connectivity index (χ2n) is 7.30. The highest BCUT2D eigenvalue weighted by Gasteiger charge is 2.43. The van der Waals surface area contributed by atoms with E-state index in [1.807, 2.05) is 48.9 Å². The number of rotatable bonds is 4. The van der Waals surface area contributed by atoms with E-state index in [0.717, 1.165) is 22.6 Å². The van der Waals surface area contributed by atoms with Crippen molar-refractivity contribution in [1.29, 1.82) is 0 Å². The molecule has 0 unspecified atom stereocenters. The van der Waals surface area contributed by atoms with Crippen LogP contribution < -0.4 is 14.8 Å². The maximum Gasteiger partial charge on any atom is 0.586 e. The van der Waals surface area contributed by atoms with Crippen LogP contribution in [0.5, 0.6) is 11.5 Å². The number of imidazole rings is 1. The Hall–Kier alpha value is -3.95. The zero-order valence-electron chi connectivity index (χ0n) is 16.6. The van der Waals surface area contributed by atoms with E-state index < -0.39 is 6.29 Å². The summed E-state index contributed by atoms with van der Waals surface area (Å²) >= 11 is 0. The van der Waals surface area contributed by atoms with Crippen LogP contribution in [0.4, 0.5) is 14.7 Å². The second kappa shape index (κ2) is 6.79. The van der Waals surface area contributed by atoms with E-state index in [-0.39, 0.29) is 29.8 Å². The number of hydrogen-bond donors (Lipinski definition) is 2. The number of halogens is 2. The molecule has 2 aromatic heterocycles. The topological polar surface area (TPSA) is 94.1 Å². The van der Waals surface area contributed by atoms with Crippen LogP contribution in [-0.4, -0.2) is 32.0 Å². The average Bonchev–Trinajstić information content (AvgIpc) is 3.31. The molecule has 0 radical (unpaired) electrons. The van der Waals surface area contributed by atoms with E-state index in [2.05, 4.69) is 29.9 Å². The van der Waals surface area contributed by atoms with Gasteiger partial charge >= 0.3 is 6.29 Å². The molecule has 3 heterocycles. The van der Waals surface area contributed by atoms with Crippen LogP contribution in [-0.2, 0) is 11.2 Å². The van der Waals surface area contributed by atoms with Crippen LogP contribution in [0.3, 0.4) is 0 Å². The summed E-state index contributed by atoms with van der Waals surface area (Å²) in [6.45, 7) is 3.89. The Kier molecular flexibility index (Phi) is 4.17. The van der Waals surface area contributed by atoms with Gasteiger partial charge in [0, 0.05) is 17.8 Å². The lowest BCUT2D eigenvalue weighted by atomic mass is 10.1. The fourth-order valence-electron chi connectivity index (χ4n) is 3.56. The van der Waals surface area contributed by atoms with Gasteiger partial charge in [0.2, 0.25) is 11.9 Å². The third kappa shape index (κ3) is 3.67. The maximum absolute atomic E-state index is 13.2. The molecule has 0 fully saturated rings. The number of carbonyl (C=O) groups excluding carboxylic acids is 1. The lowest BCUT2D eigenvalue weighted by Crippen LogP contribution is -2.25. The lowest BCUT2D eigenvalue weighted by molar-refractivity contribution is -0.286. The van der Waals surface area contributed by atoms with Crippen molar-refractivity contribution in [2.75, 3.05) is 5.32 Å². The summed E-state index contributed by atoms with van der Waals surface area (Å²) in [5.74, 6) is -0.288. The molecular formula is C21H17F2N5O3. The second-order valence-corrected chi connectivity index (χ2v) is 7.30. The zero-order valence-corrected chi connectivity index (χ0v) is 16.6. The summed E-state index contributed by atoms with van der Waals surface area (Å²) in [5, 5.41) is 7.15. The zero-order chi connectivity index (χ0) is 21.8. The molecule has 0 spiro atoms. The Morgan fingerprint density at radius 2 is 1.94 bits per heavy atom. The highest BCUT2D eigenvalue weighted by molar-refractivity contribution is 5.93. The van der Waals surface area contributed by atoms with Gasteiger partial charge < -0.3 is 14.5 Å². The Morgan fingerprint density at radius 3 is 2.68 bits per heavy atom. The third-order valence-corrected chi connectivity index (χ3v) is 4.79. The monoisotopic (exact) mass is 425 g/mol. The number of nitrogens with one attached hydrogen (secondary N) is 2. The van der Waals surface area contributed by atoms with Crippen molar-refractivity contribution in [1.82, 2.24) is 19.7 Å². The van der Waals surface area contributed by atoms with E-state index in [4.69, 9.17) is 0 Å². The number of ether oxygens (including phenoxy) is 2. The first-order valence-electron chi connectivity index (χ1n) is 9.48. The average molecular weight is 425 g/mol. The number of carbonyl (C=O) groups is 1. The Bertz CT molecular complexity index is 1280. The van der Waals surface area contributed by atoms with Crippen LogP contribution >= 0.6 is 0 Å². The molecule has 1 aliphatic rings. The summed E-state index contributed by atoms with van der Waals surface area (Å²) < 4.78 is 37.0. The largest absolute Gasteiger partial charge is 0.586 e. The third-order valence-electron chi connectivity index (χ3n) is 4.79. The Labute approximate surface area is 174 Å². The predicted molar refractivity (Wildman–Crippen MR) is 108 cm³/mol. The SMILES string of the molecule is Cc1cc(C)n(-c2cccc(CC(=O)Nc3nc4cc5c(cc4[nH]3)OC(F)(F)O5)c2)n1. The van der Waals surface area contributed by atoms with E-state index in [1.54, 1.807) is 0 Å². The fraction of sp³-hybridized carbons (Fsp3) is 0.190. The van der Waals surface area contributed by atoms with Crippen LogP contribution in [0.15, 0.2) is 42.5 Å². The molecule has 0 saturated carbocycles. The first kappa shape index (κ1) is 19.0. The summed E-state index contributed by atoms with van der Waals surface area (Å²) in [6.07, 6.45) is -3.57. The molecule has 0 bridgehead atoms. The van der Waals surface area contributed by atoms with E-state index in [0.29, 0.717) is 11.0 Å². The van der Waals surface area contributed by atoms with Crippen LogP contribution in [0.25, 0.3) is 16.7 Å². The van der Waals surface area contributed by atoms with Gasteiger partial charge in [-0.1, -0.05) is 12.1 Å². The molecule has 1 amide bonds. The molecule has 31 heavy (non-hydrogen) atoms. The molecule has 158 valence electrons. The molecule has 2 aromatic carbocycles. The number of aromatic amines is 1. The highest BCUT2D eigenvalue weighted by Crippen LogP contribution is 2.42. The number of anilines is 1. The molecule has 0 saturated heterocycles. The molecule has 5 rings (SSSR count). The van der Waals surface area contributed by atoms with Crippen molar-refractivity contribution < 1.29 is 23.0 Å². The maximum atomic E-state index is 13.2. The first-order chi connectivity index (χ1) is 14.8. The highest BCUT2D eigenvalue weighted by atomic mass is 19.3. The van der Waals surface area contributed by atoms with Gasteiger partial charge in [-0.15, -0.1) is 8.78 Å². The van der Waals surface area contributed by atoms with E-state index in [1.165, 1.54) is 12.1 Å². The molecule has 4 aromatic rings. The number of aromatic nitrogens is 4. The van der Waals surface area contributed by atoms with Gasteiger partial charge in [-0.2, -0.15) is 5.10 Å². The van der Waals surface area contributed by atoms with Crippen LogP contribution in [0.2, 0.25) is 0 Å². The van der Waals surface area contributed by atoms with Gasteiger partial charge in [0.15, 0.2) is 11.5 Å². The fourth-order valence-corrected chi connectivity index (χ4v) is 3.56. The number of H-pyrrole nitrogens is 1. The summed E-state index contributed by atoms with van der Waals surface area (Å²) in [5.41, 5.74) is 4.38. The normalized spacial score (nSPS) is 14.2. The van der Waals surface area contributed by atoms with Crippen molar-refractivity contribution in [2.45, 2.75) is 26.6 Å². The molecule has 8 nitrogen and oxygen atoms in total. The smallest absolute Gasteiger partial charge is 0.395 e. The first-order valence-corrected chi connectivity index (χ1v) is 9.48. The number of nitrogens with zero attached hydrogens (tertiary/aromatic N) is 3. The minimum absolute atomic E-state index is 0.0972. The number of alkyl halides is 2.